The van der Waals surface area contributed by atoms with Crippen LogP contribution in [0.2, 0.25) is 0 Å². The van der Waals surface area contributed by atoms with E-state index in [1.54, 1.807) is 6.07 Å². The summed E-state index contributed by atoms with van der Waals surface area (Å²) < 4.78 is 5.16. The number of aromatic carboxylic acids is 1. The number of aromatic nitrogens is 2. The minimum absolute atomic E-state index is 0.0742. The fraction of sp³-hybridized carbons (Fsp3) is 0.357. The van der Waals surface area contributed by atoms with Crippen LogP contribution in [0.15, 0.2) is 22.6 Å². The number of carboxylic acid groups (broad SMARTS) is 1. The predicted molar refractivity (Wildman–Crippen MR) is 73.9 cm³/mol. The molecule has 0 saturated carbocycles. The van der Waals surface area contributed by atoms with E-state index in [9.17, 15) is 4.79 Å². The van der Waals surface area contributed by atoms with E-state index >= 15 is 0 Å². The van der Waals surface area contributed by atoms with Crippen LogP contribution in [0, 0.1) is 6.92 Å². The predicted octanol–water partition coefficient (Wildman–Crippen LogP) is 2.81. The van der Waals surface area contributed by atoms with Crippen LogP contribution < -0.4 is 5.32 Å². The van der Waals surface area contributed by atoms with Gasteiger partial charge in [0, 0.05) is 11.4 Å². The van der Waals surface area contributed by atoms with Crippen LogP contribution in [-0.2, 0) is 6.54 Å². The van der Waals surface area contributed by atoms with Gasteiger partial charge < -0.3 is 14.8 Å². The molecule has 0 fully saturated rings. The van der Waals surface area contributed by atoms with Crippen LogP contribution in [0.1, 0.15) is 47.5 Å². The van der Waals surface area contributed by atoms with Crippen molar-refractivity contribution in [2.24, 2.45) is 0 Å². The first-order valence-electron chi connectivity index (χ1n) is 6.37. The number of anilines is 1. The zero-order chi connectivity index (χ0) is 14.7. The van der Waals surface area contributed by atoms with E-state index in [0.29, 0.717) is 24.2 Å². The second kappa shape index (κ2) is 5.73. The maximum absolute atomic E-state index is 10.7. The summed E-state index contributed by atoms with van der Waals surface area (Å²) in [5.41, 5.74) is 1.85. The molecule has 106 valence electrons. The standard InChI is InChI=1S/C14H17N3O3/c1-8(2)11-6-9(3)16-14(17-11)15-7-10-4-5-12(20-10)13(18)19/h4-6,8H,7H2,1-3H3,(H,18,19)(H,15,16,17). The molecule has 6 heteroatoms. The molecule has 0 aliphatic carbocycles. The van der Waals surface area contributed by atoms with Gasteiger partial charge in [-0.1, -0.05) is 13.8 Å². The Labute approximate surface area is 116 Å². The average Bonchev–Trinajstić information content (AvgIpc) is 2.84. The summed E-state index contributed by atoms with van der Waals surface area (Å²) in [4.78, 5) is 19.4. The monoisotopic (exact) mass is 275 g/mol. The Morgan fingerprint density at radius 1 is 1.40 bits per heavy atom. The second-order valence-electron chi connectivity index (χ2n) is 4.84. The molecule has 0 aliphatic heterocycles. The molecule has 0 aromatic carbocycles. The number of carboxylic acids is 1. The SMILES string of the molecule is Cc1cc(C(C)C)nc(NCc2ccc(C(=O)O)o2)n1. The summed E-state index contributed by atoms with van der Waals surface area (Å²) in [7, 11) is 0. The van der Waals surface area contributed by atoms with Crippen LogP contribution >= 0.6 is 0 Å². The molecule has 2 heterocycles. The summed E-state index contributed by atoms with van der Waals surface area (Å²) in [5.74, 6) is 0.208. The molecular formula is C14H17N3O3. The fourth-order valence-electron chi connectivity index (χ4n) is 1.72. The lowest BCUT2D eigenvalue weighted by atomic mass is 10.1. The number of nitrogens with zero attached hydrogens (tertiary/aromatic N) is 2. The van der Waals surface area contributed by atoms with E-state index in [1.165, 1.54) is 6.07 Å². The molecule has 2 N–H and O–H groups in total. The van der Waals surface area contributed by atoms with Crippen LogP contribution in [-0.4, -0.2) is 21.0 Å². The van der Waals surface area contributed by atoms with Crippen molar-refractivity contribution in [2.75, 3.05) is 5.32 Å². The quantitative estimate of drug-likeness (QED) is 0.872. The highest BCUT2D eigenvalue weighted by atomic mass is 16.4. The molecule has 2 aromatic rings. The van der Waals surface area contributed by atoms with E-state index in [-0.39, 0.29) is 5.76 Å². The van der Waals surface area contributed by atoms with Gasteiger partial charge >= 0.3 is 5.97 Å². The largest absolute Gasteiger partial charge is 0.475 e. The lowest BCUT2D eigenvalue weighted by molar-refractivity contribution is 0.0660. The Balaban J connectivity index is 2.08. The lowest BCUT2D eigenvalue weighted by Crippen LogP contribution is -2.06. The van der Waals surface area contributed by atoms with Gasteiger partial charge in [0.1, 0.15) is 5.76 Å². The first-order valence-corrected chi connectivity index (χ1v) is 6.37. The number of hydrogen-bond donors (Lipinski definition) is 2. The van der Waals surface area contributed by atoms with Crippen molar-refractivity contribution in [1.29, 1.82) is 0 Å². The maximum Gasteiger partial charge on any atom is 0.371 e. The van der Waals surface area contributed by atoms with E-state index < -0.39 is 5.97 Å². The van der Waals surface area contributed by atoms with Gasteiger partial charge in [0.05, 0.1) is 6.54 Å². The molecule has 0 saturated heterocycles. The van der Waals surface area contributed by atoms with Gasteiger partial charge in [-0.25, -0.2) is 14.8 Å². The van der Waals surface area contributed by atoms with Gasteiger partial charge in [0.15, 0.2) is 0 Å². The van der Waals surface area contributed by atoms with E-state index in [2.05, 4.69) is 29.1 Å². The van der Waals surface area contributed by atoms with Gasteiger partial charge in [-0.2, -0.15) is 0 Å². The molecule has 6 nitrogen and oxygen atoms in total. The maximum atomic E-state index is 10.7. The molecule has 0 unspecified atom stereocenters. The normalized spacial score (nSPS) is 10.8. The van der Waals surface area contributed by atoms with E-state index in [1.807, 2.05) is 13.0 Å². The number of aryl methyl sites for hydroxylation is 1. The summed E-state index contributed by atoms with van der Waals surface area (Å²) in [6.07, 6.45) is 0. The van der Waals surface area contributed by atoms with Crippen LogP contribution in [0.25, 0.3) is 0 Å². The second-order valence-corrected chi connectivity index (χ2v) is 4.84. The molecule has 2 rings (SSSR count). The van der Waals surface area contributed by atoms with Gasteiger partial charge in [-0.3, -0.25) is 0 Å². The van der Waals surface area contributed by atoms with E-state index in [4.69, 9.17) is 9.52 Å². The molecule has 0 bridgehead atoms. The summed E-state index contributed by atoms with van der Waals surface area (Å²) >= 11 is 0. The van der Waals surface area contributed by atoms with Crippen LogP contribution in [0.3, 0.4) is 0 Å². The molecule has 0 spiro atoms. The summed E-state index contributed by atoms with van der Waals surface area (Å²) in [6.45, 7) is 6.39. The Morgan fingerprint density at radius 3 is 2.75 bits per heavy atom. The molecule has 0 amide bonds. The minimum atomic E-state index is -1.08. The van der Waals surface area contributed by atoms with E-state index in [0.717, 1.165) is 11.4 Å². The third-order valence-electron chi connectivity index (χ3n) is 2.76. The van der Waals surface area contributed by atoms with Crippen molar-refractivity contribution < 1.29 is 14.3 Å². The number of nitrogens with one attached hydrogen (secondary N) is 1. The summed E-state index contributed by atoms with van der Waals surface area (Å²) in [5, 5.41) is 11.8. The van der Waals surface area contributed by atoms with Crippen molar-refractivity contribution in [2.45, 2.75) is 33.2 Å². The molecule has 0 atom stereocenters. The fourth-order valence-corrected chi connectivity index (χ4v) is 1.72. The van der Waals surface area contributed by atoms with Crippen molar-refractivity contribution in [3.8, 4) is 0 Å². The summed E-state index contributed by atoms with van der Waals surface area (Å²) in [6, 6.07) is 5.00. The molecule has 0 radical (unpaired) electrons. The van der Waals surface area contributed by atoms with Crippen molar-refractivity contribution >= 4 is 11.9 Å². The van der Waals surface area contributed by atoms with Crippen molar-refractivity contribution in [3.63, 3.8) is 0 Å². The van der Waals surface area contributed by atoms with Crippen LogP contribution in [0.5, 0.6) is 0 Å². The number of furan rings is 1. The topological polar surface area (TPSA) is 88.2 Å². The Kier molecular flexibility index (Phi) is 4.02. The van der Waals surface area contributed by atoms with Gasteiger partial charge in [-0.05, 0) is 31.0 Å². The van der Waals surface area contributed by atoms with Gasteiger partial charge in [0.2, 0.25) is 11.7 Å². The molecule has 0 aliphatic rings. The smallest absolute Gasteiger partial charge is 0.371 e. The number of hydrogen-bond acceptors (Lipinski definition) is 5. The van der Waals surface area contributed by atoms with Gasteiger partial charge in [0.25, 0.3) is 0 Å². The highest BCUT2D eigenvalue weighted by Gasteiger charge is 2.10. The number of rotatable bonds is 5. The molecular weight excluding hydrogens is 258 g/mol. The Morgan fingerprint density at radius 2 is 2.15 bits per heavy atom. The average molecular weight is 275 g/mol. The van der Waals surface area contributed by atoms with Crippen LogP contribution in [0.4, 0.5) is 5.95 Å². The third-order valence-corrected chi connectivity index (χ3v) is 2.76. The molecule has 2 aromatic heterocycles. The highest BCUT2D eigenvalue weighted by molar-refractivity contribution is 5.84. The third kappa shape index (κ3) is 3.34. The zero-order valence-corrected chi connectivity index (χ0v) is 11.7. The molecule has 20 heavy (non-hydrogen) atoms. The highest BCUT2D eigenvalue weighted by Crippen LogP contribution is 2.15. The number of carbonyl (C=O) groups is 1. The first-order chi connectivity index (χ1) is 9.45. The van der Waals surface area contributed by atoms with Crippen molar-refractivity contribution in [3.05, 3.63) is 41.1 Å². The minimum Gasteiger partial charge on any atom is -0.475 e. The first kappa shape index (κ1) is 14.0. The lowest BCUT2D eigenvalue weighted by Gasteiger charge is -2.09. The van der Waals surface area contributed by atoms with Gasteiger partial charge in [-0.15, -0.1) is 0 Å². The Hall–Kier alpha value is -2.37. The van der Waals surface area contributed by atoms with Crippen molar-refractivity contribution in [1.82, 2.24) is 9.97 Å². The Bertz CT molecular complexity index is 620. The zero-order valence-electron chi connectivity index (χ0n) is 11.7.